The molecule has 0 spiro atoms. The number of para-hydroxylation sites is 1. The van der Waals surface area contributed by atoms with Crippen LogP contribution in [0.3, 0.4) is 0 Å². The quantitative estimate of drug-likeness (QED) is 0.179. The van der Waals surface area contributed by atoms with E-state index >= 15 is 0 Å². The predicted octanol–water partition coefficient (Wildman–Crippen LogP) is 11.3. The van der Waals surface area contributed by atoms with Gasteiger partial charge in [-0.3, -0.25) is 0 Å². The molecule has 2 heterocycles. The Morgan fingerprint density at radius 1 is 0.382 bits per heavy atom. The standard InChI is InChI=1S/C51H33N3O/c1-2-14-34(15-3-1)49-52-50(38-27-25-33-13-5-7-17-36(33)31-38)54-51(53-49)44-29-28-42(40-18-8-9-19-41(40)44)43-21-11-23-46-47(43)45-22-10-20-39(48(45)55-46)37-26-24-32-12-4-6-16-35(32)30-37/h1-27,30-31H,28-29H2. The van der Waals surface area contributed by atoms with Crippen LogP contribution in [-0.4, -0.2) is 15.0 Å². The van der Waals surface area contributed by atoms with Crippen molar-refractivity contribution in [3.8, 4) is 33.9 Å². The van der Waals surface area contributed by atoms with E-state index in [0.29, 0.717) is 11.6 Å². The predicted molar refractivity (Wildman–Crippen MR) is 225 cm³/mol. The average Bonchev–Trinajstić information content (AvgIpc) is 3.65. The van der Waals surface area contributed by atoms with Crippen molar-refractivity contribution in [2.24, 2.45) is 0 Å². The summed E-state index contributed by atoms with van der Waals surface area (Å²) in [5.41, 5.74) is 9.62. The van der Waals surface area contributed by atoms with Crippen LogP contribution in [0, 0.1) is 0 Å². The molecule has 0 saturated heterocycles. The lowest BCUT2D eigenvalue weighted by Gasteiger charge is -2.18. The van der Waals surface area contributed by atoms with Gasteiger partial charge in [-0.15, -0.1) is 0 Å². The minimum absolute atomic E-state index is 0.672. The fourth-order valence-electron chi connectivity index (χ4n) is 8.41. The molecule has 0 aliphatic heterocycles. The molecule has 1 aliphatic rings. The maximum Gasteiger partial charge on any atom is 0.164 e. The molecule has 4 nitrogen and oxygen atoms in total. The van der Waals surface area contributed by atoms with Crippen LogP contribution in [0.25, 0.3) is 88.5 Å². The lowest BCUT2D eigenvalue weighted by atomic mass is 9.87. The molecule has 4 heteroatoms. The summed E-state index contributed by atoms with van der Waals surface area (Å²) in [5, 5.41) is 9.42. The Hall–Kier alpha value is -7.17. The van der Waals surface area contributed by atoms with Crippen molar-refractivity contribution in [2.45, 2.75) is 12.8 Å². The smallest absolute Gasteiger partial charge is 0.164 e. The molecule has 1 aliphatic carbocycles. The number of nitrogens with zero attached hydrogens (tertiary/aromatic N) is 3. The maximum absolute atomic E-state index is 6.75. The Labute approximate surface area is 317 Å². The molecule has 8 aromatic carbocycles. The molecule has 0 N–H and O–H groups in total. The van der Waals surface area contributed by atoms with E-state index in [1.165, 1.54) is 32.5 Å². The lowest BCUT2D eigenvalue weighted by Crippen LogP contribution is -2.33. The fourth-order valence-corrected chi connectivity index (χ4v) is 8.41. The molecular formula is C51H33N3O. The van der Waals surface area contributed by atoms with E-state index in [1.54, 1.807) is 0 Å². The average molecular weight is 704 g/mol. The maximum atomic E-state index is 6.75. The van der Waals surface area contributed by atoms with E-state index in [2.05, 4.69) is 158 Å². The highest BCUT2D eigenvalue weighted by Crippen LogP contribution is 2.40. The van der Waals surface area contributed by atoms with Gasteiger partial charge in [0.2, 0.25) is 0 Å². The minimum atomic E-state index is 0.672. The van der Waals surface area contributed by atoms with Crippen LogP contribution in [0.5, 0.6) is 0 Å². The van der Waals surface area contributed by atoms with Crippen molar-refractivity contribution < 1.29 is 4.42 Å². The first-order valence-electron chi connectivity index (χ1n) is 18.8. The molecule has 0 bridgehead atoms. The van der Waals surface area contributed by atoms with Crippen molar-refractivity contribution in [3.63, 3.8) is 0 Å². The highest BCUT2D eigenvalue weighted by Gasteiger charge is 2.22. The molecule has 0 atom stereocenters. The Balaban J connectivity index is 1.12. The van der Waals surface area contributed by atoms with E-state index < -0.39 is 0 Å². The van der Waals surface area contributed by atoms with Gasteiger partial charge >= 0.3 is 0 Å². The summed E-state index contributed by atoms with van der Waals surface area (Å²) in [7, 11) is 0. The fraction of sp³-hybridized carbons (Fsp3) is 0.0392. The van der Waals surface area contributed by atoms with Gasteiger partial charge in [0.05, 0.1) is 0 Å². The van der Waals surface area contributed by atoms with Gasteiger partial charge in [-0.05, 0) is 79.7 Å². The van der Waals surface area contributed by atoms with Gasteiger partial charge < -0.3 is 4.42 Å². The van der Waals surface area contributed by atoms with E-state index in [1.807, 2.05) is 18.2 Å². The second-order valence-corrected chi connectivity index (χ2v) is 14.3. The first-order valence-corrected chi connectivity index (χ1v) is 18.8. The summed E-state index contributed by atoms with van der Waals surface area (Å²) in [5.74, 6) is 2.06. The third-order valence-electron chi connectivity index (χ3n) is 11.1. The first kappa shape index (κ1) is 31.4. The van der Waals surface area contributed by atoms with Gasteiger partial charge in [0.25, 0.3) is 0 Å². The van der Waals surface area contributed by atoms with Crippen LogP contribution in [0.4, 0.5) is 0 Å². The number of aromatic nitrogens is 3. The zero-order valence-corrected chi connectivity index (χ0v) is 29.9. The molecular weight excluding hydrogens is 671 g/mol. The summed E-state index contributed by atoms with van der Waals surface area (Å²) in [6, 6.07) is 61.9. The monoisotopic (exact) mass is 703 g/mol. The van der Waals surface area contributed by atoms with Crippen LogP contribution in [0.1, 0.15) is 24.2 Å². The molecule has 55 heavy (non-hydrogen) atoms. The molecule has 10 aromatic rings. The highest BCUT2D eigenvalue weighted by molar-refractivity contribution is 6.14. The molecule has 0 radical (unpaired) electrons. The normalized spacial score (nSPS) is 12.9. The zero-order valence-electron chi connectivity index (χ0n) is 29.9. The van der Waals surface area contributed by atoms with Gasteiger partial charge in [-0.1, -0.05) is 158 Å². The van der Waals surface area contributed by atoms with E-state index in [9.17, 15) is 0 Å². The van der Waals surface area contributed by atoms with Gasteiger partial charge in [0.1, 0.15) is 11.2 Å². The van der Waals surface area contributed by atoms with Crippen LogP contribution in [0.2, 0.25) is 0 Å². The number of fused-ring (bicyclic) bond motifs is 6. The Morgan fingerprint density at radius 3 is 1.71 bits per heavy atom. The van der Waals surface area contributed by atoms with Gasteiger partial charge in [0.15, 0.2) is 17.5 Å². The Bertz CT molecular complexity index is 3270. The van der Waals surface area contributed by atoms with Crippen LogP contribution < -0.4 is 10.4 Å². The number of hydrogen-bond acceptors (Lipinski definition) is 4. The summed E-state index contributed by atoms with van der Waals surface area (Å²) in [6.07, 6.45) is 1.62. The Kier molecular flexibility index (Phi) is 7.27. The number of furan rings is 1. The second-order valence-electron chi connectivity index (χ2n) is 14.3. The van der Waals surface area contributed by atoms with Gasteiger partial charge in [-0.25, -0.2) is 15.0 Å². The van der Waals surface area contributed by atoms with Crippen LogP contribution >= 0.6 is 0 Å². The summed E-state index contributed by atoms with van der Waals surface area (Å²) in [6.45, 7) is 0. The first-order chi connectivity index (χ1) is 27.2. The SMILES string of the molecule is c1ccc(-c2nc(C3=c4ccccc4=C(c4cccc5oc6c(-c7ccc8ccccc8c7)cccc6c45)CC3)nc(-c3ccc4ccccc4c3)n2)cc1. The molecule has 0 fully saturated rings. The molecule has 11 rings (SSSR count). The number of hydrogen-bond donors (Lipinski definition) is 0. The van der Waals surface area contributed by atoms with Crippen molar-refractivity contribution >= 4 is 54.6 Å². The lowest BCUT2D eigenvalue weighted by molar-refractivity contribution is 0.670. The molecule has 0 unspecified atom stereocenters. The van der Waals surface area contributed by atoms with Crippen molar-refractivity contribution in [3.05, 3.63) is 198 Å². The van der Waals surface area contributed by atoms with E-state index in [0.717, 1.165) is 79.0 Å². The zero-order chi connectivity index (χ0) is 36.3. The highest BCUT2D eigenvalue weighted by atomic mass is 16.3. The van der Waals surface area contributed by atoms with Crippen molar-refractivity contribution in [1.82, 2.24) is 15.0 Å². The van der Waals surface area contributed by atoms with Crippen molar-refractivity contribution in [2.75, 3.05) is 0 Å². The Morgan fingerprint density at radius 2 is 0.945 bits per heavy atom. The van der Waals surface area contributed by atoms with Gasteiger partial charge in [0, 0.05) is 33.0 Å². The largest absolute Gasteiger partial charge is 0.455 e. The number of benzene rings is 8. The topological polar surface area (TPSA) is 51.8 Å². The second kappa shape index (κ2) is 12.8. The summed E-state index contributed by atoms with van der Waals surface area (Å²) in [4.78, 5) is 15.4. The third kappa shape index (κ3) is 5.33. The van der Waals surface area contributed by atoms with E-state index in [-0.39, 0.29) is 0 Å². The third-order valence-corrected chi connectivity index (χ3v) is 11.1. The summed E-state index contributed by atoms with van der Waals surface area (Å²) >= 11 is 0. The van der Waals surface area contributed by atoms with Gasteiger partial charge in [-0.2, -0.15) is 0 Å². The summed E-state index contributed by atoms with van der Waals surface area (Å²) < 4.78 is 6.75. The number of rotatable bonds is 5. The molecule has 0 saturated carbocycles. The molecule has 258 valence electrons. The molecule has 0 amide bonds. The molecule has 2 aromatic heterocycles. The van der Waals surface area contributed by atoms with Crippen molar-refractivity contribution in [1.29, 1.82) is 0 Å². The van der Waals surface area contributed by atoms with Crippen LogP contribution in [0.15, 0.2) is 180 Å². The van der Waals surface area contributed by atoms with E-state index in [4.69, 9.17) is 19.4 Å². The van der Waals surface area contributed by atoms with Crippen LogP contribution in [-0.2, 0) is 0 Å². The minimum Gasteiger partial charge on any atom is -0.455 e.